The van der Waals surface area contributed by atoms with Crippen LogP contribution in [0.5, 0.6) is 0 Å². The molecule has 0 atom stereocenters. The van der Waals surface area contributed by atoms with Gasteiger partial charge in [-0.25, -0.2) is 0 Å². The maximum absolute atomic E-state index is 11.5. The molecule has 0 spiro atoms. The highest BCUT2D eigenvalue weighted by molar-refractivity contribution is 5.75. The molecule has 0 aromatic heterocycles. The normalized spacial score (nSPS) is 17.8. The van der Waals surface area contributed by atoms with Crippen molar-refractivity contribution in [3.8, 4) is 0 Å². The van der Waals surface area contributed by atoms with Gasteiger partial charge >= 0.3 is 5.97 Å². The molecule has 1 aliphatic heterocycles. The van der Waals surface area contributed by atoms with E-state index in [9.17, 15) is 9.59 Å². The second-order valence-corrected chi connectivity index (χ2v) is 4.29. The van der Waals surface area contributed by atoms with E-state index in [1.807, 2.05) is 6.92 Å². The number of amides is 1. The van der Waals surface area contributed by atoms with Crippen molar-refractivity contribution in [2.45, 2.75) is 26.2 Å². The van der Waals surface area contributed by atoms with Gasteiger partial charge in [0.05, 0.1) is 12.5 Å². The zero-order valence-corrected chi connectivity index (χ0v) is 10.7. The summed E-state index contributed by atoms with van der Waals surface area (Å²) >= 11 is 0. The Morgan fingerprint density at radius 1 is 1.35 bits per heavy atom. The first-order chi connectivity index (χ1) is 8.17. The predicted octanol–water partition coefficient (Wildman–Crippen LogP) is 0.398. The van der Waals surface area contributed by atoms with Crippen molar-refractivity contribution in [3.63, 3.8) is 0 Å². The summed E-state index contributed by atoms with van der Waals surface area (Å²) in [6.07, 6.45) is 2.21. The number of hydrogen-bond acceptors (Lipinski definition) is 4. The molecule has 1 saturated heterocycles. The van der Waals surface area contributed by atoms with Gasteiger partial charge in [-0.1, -0.05) is 0 Å². The first-order valence-corrected chi connectivity index (χ1v) is 6.27. The summed E-state index contributed by atoms with van der Waals surface area (Å²) in [4.78, 5) is 24.8. The number of piperidine rings is 1. The van der Waals surface area contributed by atoms with E-state index in [-0.39, 0.29) is 17.8 Å². The van der Waals surface area contributed by atoms with Crippen molar-refractivity contribution in [1.82, 2.24) is 10.2 Å². The molecule has 17 heavy (non-hydrogen) atoms. The molecule has 1 rings (SSSR count). The topological polar surface area (TPSA) is 58.6 Å². The second kappa shape index (κ2) is 7.27. The molecule has 98 valence electrons. The zero-order chi connectivity index (χ0) is 12.7. The van der Waals surface area contributed by atoms with E-state index in [1.165, 1.54) is 0 Å². The lowest BCUT2D eigenvalue weighted by molar-refractivity contribution is -0.149. The lowest BCUT2D eigenvalue weighted by atomic mass is 9.97. The van der Waals surface area contributed by atoms with Gasteiger partial charge in [-0.3, -0.25) is 9.59 Å². The van der Waals surface area contributed by atoms with Crippen LogP contribution in [0.1, 0.15) is 26.2 Å². The van der Waals surface area contributed by atoms with E-state index in [2.05, 4.69) is 10.2 Å². The third kappa shape index (κ3) is 4.73. The van der Waals surface area contributed by atoms with Crippen LogP contribution in [0.25, 0.3) is 0 Å². The van der Waals surface area contributed by atoms with Gasteiger partial charge in [0, 0.05) is 20.0 Å². The van der Waals surface area contributed by atoms with Crippen LogP contribution in [0.2, 0.25) is 0 Å². The summed E-state index contributed by atoms with van der Waals surface area (Å²) in [7, 11) is 1.65. The monoisotopic (exact) mass is 242 g/mol. The minimum absolute atomic E-state index is 0.0474. The third-order valence-corrected chi connectivity index (χ3v) is 3.14. The van der Waals surface area contributed by atoms with Gasteiger partial charge in [0.25, 0.3) is 0 Å². The van der Waals surface area contributed by atoms with E-state index >= 15 is 0 Å². The zero-order valence-electron chi connectivity index (χ0n) is 10.7. The Morgan fingerprint density at radius 3 is 2.53 bits per heavy atom. The van der Waals surface area contributed by atoms with Gasteiger partial charge in [0.15, 0.2) is 0 Å². The first-order valence-electron chi connectivity index (χ1n) is 6.27. The number of likely N-dealkylation sites (tertiary alicyclic amines) is 1. The highest BCUT2D eigenvalue weighted by atomic mass is 16.5. The van der Waals surface area contributed by atoms with E-state index in [1.54, 1.807) is 7.05 Å². The average Bonchev–Trinajstić information content (AvgIpc) is 2.36. The average molecular weight is 242 g/mol. The van der Waals surface area contributed by atoms with Crippen LogP contribution in [0.4, 0.5) is 0 Å². The molecular weight excluding hydrogens is 220 g/mol. The molecule has 0 aliphatic carbocycles. The lowest BCUT2D eigenvalue weighted by Crippen LogP contribution is -2.38. The van der Waals surface area contributed by atoms with E-state index in [0.29, 0.717) is 13.0 Å². The summed E-state index contributed by atoms with van der Waals surface area (Å²) in [6, 6.07) is 0. The Morgan fingerprint density at radius 2 is 2.00 bits per heavy atom. The molecule has 1 amide bonds. The van der Waals surface area contributed by atoms with Crippen molar-refractivity contribution < 1.29 is 14.3 Å². The fourth-order valence-electron chi connectivity index (χ4n) is 2.04. The van der Waals surface area contributed by atoms with Crippen molar-refractivity contribution in [2.75, 3.05) is 33.3 Å². The molecule has 0 unspecified atom stereocenters. The summed E-state index contributed by atoms with van der Waals surface area (Å²) in [5.74, 6) is 0.0437. The van der Waals surface area contributed by atoms with Gasteiger partial charge in [-0.05, 0) is 32.9 Å². The summed E-state index contributed by atoms with van der Waals surface area (Å²) in [5.41, 5.74) is 0. The van der Waals surface area contributed by atoms with Crippen LogP contribution in [0.3, 0.4) is 0 Å². The molecule has 0 aromatic rings. The Labute approximate surface area is 102 Å². The van der Waals surface area contributed by atoms with Crippen molar-refractivity contribution in [1.29, 1.82) is 0 Å². The molecule has 0 bridgehead atoms. The maximum atomic E-state index is 11.5. The number of carbonyl (C=O) groups is 2. The standard InChI is InChI=1S/C12H22N2O3/c1-3-17-12(16)10-4-7-14(8-5-10)9-6-11(15)13-2/h10H,3-9H2,1-2H3,(H,13,15). The summed E-state index contributed by atoms with van der Waals surface area (Å²) in [6.45, 7) is 4.81. The van der Waals surface area contributed by atoms with E-state index < -0.39 is 0 Å². The lowest BCUT2D eigenvalue weighted by Gasteiger charge is -2.30. The van der Waals surface area contributed by atoms with E-state index in [4.69, 9.17) is 4.74 Å². The van der Waals surface area contributed by atoms with Crippen LogP contribution in [-0.4, -0.2) is 50.1 Å². The molecule has 5 nitrogen and oxygen atoms in total. The molecule has 1 fully saturated rings. The van der Waals surface area contributed by atoms with Crippen molar-refractivity contribution in [2.24, 2.45) is 5.92 Å². The van der Waals surface area contributed by atoms with Crippen LogP contribution in [0.15, 0.2) is 0 Å². The molecule has 0 aromatic carbocycles. The van der Waals surface area contributed by atoms with Crippen LogP contribution in [0, 0.1) is 5.92 Å². The molecule has 1 N–H and O–H groups in total. The first kappa shape index (κ1) is 14.0. The van der Waals surface area contributed by atoms with Crippen molar-refractivity contribution >= 4 is 11.9 Å². The quantitative estimate of drug-likeness (QED) is 0.709. The Kier molecular flexibility index (Phi) is 5.97. The van der Waals surface area contributed by atoms with Crippen molar-refractivity contribution in [3.05, 3.63) is 0 Å². The number of nitrogens with zero attached hydrogens (tertiary/aromatic N) is 1. The summed E-state index contributed by atoms with van der Waals surface area (Å²) in [5, 5.41) is 2.61. The number of ether oxygens (including phenoxy) is 1. The minimum atomic E-state index is -0.0709. The van der Waals surface area contributed by atoms with Crippen LogP contribution in [-0.2, 0) is 14.3 Å². The van der Waals surface area contributed by atoms with Crippen LogP contribution >= 0.6 is 0 Å². The largest absolute Gasteiger partial charge is 0.466 e. The van der Waals surface area contributed by atoms with Gasteiger partial charge in [0.1, 0.15) is 0 Å². The van der Waals surface area contributed by atoms with Gasteiger partial charge < -0.3 is 15.0 Å². The Bertz CT molecular complexity index is 260. The molecule has 0 saturated carbocycles. The number of nitrogens with one attached hydrogen (secondary N) is 1. The smallest absolute Gasteiger partial charge is 0.309 e. The number of carbonyl (C=O) groups excluding carboxylic acids is 2. The fraction of sp³-hybridized carbons (Fsp3) is 0.833. The predicted molar refractivity (Wildman–Crippen MR) is 64.5 cm³/mol. The molecule has 0 radical (unpaired) electrons. The third-order valence-electron chi connectivity index (χ3n) is 3.14. The number of rotatable bonds is 5. The van der Waals surface area contributed by atoms with Gasteiger partial charge in [-0.15, -0.1) is 0 Å². The highest BCUT2D eigenvalue weighted by Gasteiger charge is 2.25. The molecule has 1 heterocycles. The fourth-order valence-corrected chi connectivity index (χ4v) is 2.04. The number of esters is 1. The van der Waals surface area contributed by atoms with Crippen LogP contribution < -0.4 is 5.32 Å². The van der Waals surface area contributed by atoms with Gasteiger partial charge in [-0.2, -0.15) is 0 Å². The Hall–Kier alpha value is -1.10. The highest BCUT2D eigenvalue weighted by Crippen LogP contribution is 2.18. The molecular formula is C12H22N2O3. The summed E-state index contributed by atoms with van der Waals surface area (Å²) < 4.78 is 5.01. The second-order valence-electron chi connectivity index (χ2n) is 4.29. The molecule has 1 aliphatic rings. The van der Waals surface area contributed by atoms with Gasteiger partial charge in [0.2, 0.25) is 5.91 Å². The Balaban J connectivity index is 2.21. The SMILES string of the molecule is CCOC(=O)C1CCN(CCC(=O)NC)CC1. The minimum Gasteiger partial charge on any atom is -0.466 e. The maximum Gasteiger partial charge on any atom is 0.309 e. The molecule has 5 heteroatoms. The number of hydrogen-bond donors (Lipinski definition) is 1. The van der Waals surface area contributed by atoms with E-state index in [0.717, 1.165) is 32.5 Å².